The van der Waals surface area contributed by atoms with Gasteiger partial charge in [-0.3, -0.25) is 0 Å². The van der Waals surface area contributed by atoms with Crippen LogP contribution >= 0.6 is 0 Å². The SMILES string of the molecule is CC(F)(F)CCNC(=O)OC(C)(C)C. The molecule has 0 bridgehead atoms. The van der Waals surface area contributed by atoms with Gasteiger partial charge in [0.2, 0.25) is 5.92 Å². The average Bonchev–Trinajstić information content (AvgIpc) is 1.78. The monoisotopic (exact) mass is 209 g/mol. The molecule has 14 heavy (non-hydrogen) atoms. The second-order valence-corrected chi connectivity index (χ2v) is 4.25. The highest BCUT2D eigenvalue weighted by Gasteiger charge is 2.21. The highest BCUT2D eigenvalue weighted by molar-refractivity contribution is 5.67. The van der Waals surface area contributed by atoms with Crippen LogP contribution in [0.4, 0.5) is 13.6 Å². The molecule has 5 heteroatoms. The summed E-state index contributed by atoms with van der Waals surface area (Å²) in [7, 11) is 0. The van der Waals surface area contributed by atoms with Crippen LogP contribution in [0.2, 0.25) is 0 Å². The molecule has 0 saturated heterocycles. The molecule has 0 unspecified atom stereocenters. The molecule has 0 atom stereocenters. The molecule has 0 radical (unpaired) electrons. The largest absolute Gasteiger partial charge is 0.444 e. The van der Waals surface area contributed by atoms with Crippen LogP contribution in [0.1, 0.15) is 34.1 Å². The third kappa shape index (κ3) is 9.22. The fourth-order valence-electron chi connectivity index (χ4n) is 0.698. The zero-order valence-electron chi connectivity index (χ0n) is 8.99. The van der Waals surface area contributed by atoms with Crippen molar-refractivity contribution in [1.82, 2.24) is 5.32 Å². The highest BCUT2D eigenvalue weighted by atomic mass is 19.3. The first-order chi connectivity index (χ1) is 6.10. The lowest BCUT2D eigenvalue weighted by atomic mass is 10.2. The van der Waals surface area contributed by atoms with Crippen molar-refractivity contribution in [3.8, 4) is 0 Å². The molecule has 0 saturated carbocycles. The van der Waals surface area contributed by atoms with E-state index in [1.54, 1.807) is 20.8 Å². The second-order valence-electron chi connectivity index (χ2n) is 4.25. The summed E-state index contributed by atoms with van der Waals surface area (Å²) in [6.07, 6.45) is -1.05. The average molecular weight is 209 g/mol. The van der Waals surface area contributed by atoms with Crippen LogP contribution in [-0.2, 0) is 4.74 Å². The molecule has 84 valence electrons. The molecular weight excluding hydrogens is 192 g/mol. The molecule has 0 aromatic carbocycles. The van der Waals surface area contributed by atoms with Crippen molar-refractivity contribution in [2.75, 3.05) is 6.54 Å². The summed E-state index contributed by atoms with van der Waals surface area (Å²) in [5.74, 6) is -2.75. The Morgan fingerprint density at radius 2 is 1.79 bits per heavy atom. The summed E-state index contributed by atoms with van der Waals surface area (Å²) in [5, 5.41) is 2.25. The maximum absolute atomic E-state index is 12.3. The predicted molar refractivity (Wildman–Crippen MR) is 49.5 cm³/mol. The summed E-state index contributed by atoms with van der Waals surface area (Å²) in [4.78, 5) is 11.0. The van der Waals surface area contributed by atoms with E-state index in [0.29, 0.717) is 0 Å². The molecule has 0 aliphatic heterocycles. The van der Waals surface area contributed by atoms with E-state index in [1.807, 2.05) is 0 Å². The number of amides is 1. The van der Waals surface area contributed by atoms with Gasteiger partial charge in [0.05, 0.1) is 0 Å². The van der Waals surface area contributed by atoms with Gasteiger partial charge >= 0.3 is 6.09 Å². The maximum Gasteiger partial charge on any atom is 0.407 e. The molecule has 1 N–H and O–H groups in total. The number of alkyl halides is 2. The Labute approximate surface area is 82.8 Å². The predicted octanol–water partition coefficient (Wildman–Crippen LogP) is 2.56. The number of hydrogen-bond donors (Lipinski definition) is 1. The van der Waals surface area contributed by atoms with Gasteiger partial charge in [0.15, 0.2) is 0 Å². The van der Waals surface area contributed by atoms with Gasteiger partial charge in [0, 0.05) is 13.0 Å². The molecule has 0 spiro atoms. The van der Waals surface area contributed by atoms with E-state index in [1.165, 1.54) is 0 Å². The van der Waals surface area contributed by atoms with Crippen molar-refractivity contribution in [1.29, 1.82) is 0 Å². The van der Waals surface area contributed by atoms with E-state index in [9.17, 15) is 13.6 Å². The van der Waals surface area contributed by atoms with E-state index in [2.05, 4.69) is 5.32 Å². The Morgan fingerprint density at radius 3 is 2.14 bits per heavy atom. The number of ether oxygens (including phenoxy) is 1. The molecular formula is C9H17F2NO2. The van der Waals surface area contributed by atoms with Crippen molar-refractivity contribution < 1.29 is 18.3 Å². The van der Waals surface area contributed by atoms with Gasteiger partial charge in [0.1, 0.15) is 5.60 Å². The Kier molecular flexibility index (Phi) is 4.29. The van der Waals surface area contributed by atoms with Crippen molar-refractivity contribution in [3.05, 3.63) is 0 Å². The van der Waals surface area contributed by atoms with Crippen molar-refractivity contribution in [2.45, 2.75) is 45.6 Å². The van der Waals surface area contributed by atoms with Crippen LogP contribution in [0.25, 0.3) is 0 Å². The Hall–Kier alpha value is -0.870. The second kappa shape index (κ2) is 4.57. The van der Waals surface area contributed by atoms with E-state index < -0.39 is 17.6 Å². The van der Waals surface area contributed by atoms with E-state index in [0.717, 1.165) is 6.92 Å². The number of alkyl carbamates (subject to hydrolysis) is 1. The normalized spacial score (nSPS) is 12.4. The number of halogens is 2. The van der Waals surface area contributed by atoms with Crippen molar-refractivity contribution in [3.63, 3.8) is 0 Å². The van der Waals surface area contributed by atoms with Gasteiger partial charge in [-0.15, -0.1) is 0 Å². The van der Waals surface area contributed by atoms with Crippen LogP contribution in [0.3, 0.4) is 0 Å². The van der Waals surface area contributed by atoms with Gasteiger partial charge in [-0.25, -0.2) is 13.6 Å². The van der Waals surface area contributed by atoms with Crippen LogP contribution in [0.5, 0.6) is 0 Å². The minimum absolute atomic E-state index is 0.0849. The zero-order valence-corrected chi connectivity index (χ0v) is 8.99. The Bertz CT molecular complexity index is 194. The number of nitrogens with one attached hydrogen (secondary N) is 1. The van der Waals surface area contributed by atoms with Crippen LogP contribution < -0.4 is 5.32 Å². The van der Waals surface area contributed by atoms with Crippen molar-refractivity contribution in [2.24, 2.45) is 0 Å². The highest BCUT2D eigenvalue weighted by Crippen LogP contribution is 2.15. The smallest absolute Gasteiger partial charge is 0.407 e. The lowest BCUT2D eigenvalue weighted by Gasteiger charge is -2.20. The molecule has 0 aliphatic carbocycles. The number of carbonyl (C=O) groups excluding carboxylic acids is 1. The summed E-state index contributed by atoms with van der Waals surface area (Å²) in [6.45, 7) is 5.85. The first-order valence-electron chi connectivity index (χ1n) is 4.45. The molecule has 0 fully saturated rings. The van der Waals surface area contributed by atoms with Crippen LogP contribution in [0.15, 0.2) is 0 Å². The minimum Gasteiger partial charge on any atom is -0.444 e. The molecule has 0 aromatic rings. The van der Waals surface area contributed by atoms with Crippen molar-refractivity contribution >= 4 is 6.09 Å². The van der Waals surface area contributed by atoms with Gasteiger partial charge < -0.3 is 10.1 Å². The number of carbonyl (C=O) groups is 1. The standard InChI is InChI=1S/C9H17F2NO2/c1-8(2,3)14-7(13)12-6-5-9(4,10)11/h5-6H2,1-4H3,(H,12,13). The third-order valence-electron chi connectivity index (χ3n) is 1.23. The molecule has 0 aromatic heterocycles. The van der Waals surface area contributed by atoms with Gasteiger partial charge in [-0.2, -0.15) is 0 Å². The molecule has 0 rings (SSSR count). The first-order valence-corrected chi connectivity index (χ1v) is 4.45. The Morgan fingerprint density at radius 1 is 1.29 bits per heavy atom. The van der Waals surface area contributed by atoms with Gasteiger partial charge in [-0.05, 0) is 27.7 Å². The Balaban J connectivity index is 3.66. The fourth-order valence-corrected chi connectivity index (χ4v) is 0.698. The zero-order chi connectivity index (χ0) is 11.4. The van der Waals surface area contributed by atoms with E-state index >= 15 is 0 Å². The number of rotatable bonds is 3. The maximum atomic E-state index is 12.3. The molecule has 0 aliphatic rings. The summed E-state index contributed by atoms with van der Waals surface area (Å²) < 4.78 is 29.5. The quantitative estimate of drug-likeness (QED) is 0.775. The summed E-state index contributed by atoms with van der Waals surface area (Å²) >= 11 is 0. The fraction of sp³-hybridized carbons (Fsp3) is 0.889. The topological polar surface area (TPSA) is 38.3 Å². The van der Waals surface area contributed by atoms with Crippen LogP contribution in [0, 0.1) is 0 Å². The third-order valence-corrected chi connectivity index (χ3v) is 1.23. The lowest BCUT2D eigenvalue weighted by Crippen LogP contribution is -2.34. The van der Waals surface area contributed by atoms with E-state index in [-0.39, 0.29) is 13.0 Å². The minimum atomic E-state index is -2.75. The molecule has 0 heterocycles. The van der Waals surface area contributed by atoms with Gasteiger partial charge in [0.25, 0.3) is 0 Å². The lowest BCUT2D eigenvalue weighted by molar-refractivity contribution is 0.0115. The number of hydrogen-bond acceptors (Lipinski definition) is 2. The molecule has 3 nitrogen and oxygen atoms in total. The van der Waals surface area contributed by atoms with Crippen LogP contribution in [-0.4, -0.2) is 24.2 Å². The molecule has 1 amide bonds. The summed E-state index contributed by atoms with van der Waals surface area (Å²) in [6, 6.07) is 0. The first kappa shape index (κ1) is 13.1. The summed E-state index contributed by atoms with van der Waals surface area (Å²) in [5.41, 5.74) is -0.598. The van der Waals surface area contributed by atoms with E-state index in [4.69, 9.17) is 4.74 Å². The van der Waals surface area contributed by atoms with Gasteiger partial charge in [-0.1, -0.05) is 0 Å².